The van der Waals surface area contributed by atoms with Gasteiger partial charge in [-0.15, -0.1) is 0 Å². The number of carboxylic acids is 1. The number of aliphatic carboxylic acids is 1. The monoisotopic (exact) mass is 463 g/mol. The minimum absolute atomic E-state index is 0.0526. The molecule has 1 aromatic rings. The van der Waals surface area contributed by atoms with E-state index in [9.17, 15) is 29.0 Å². The number of likely N-dealkylation sites (tertiary alicyclic amines) is 1. The molecule has 2 saturated heterocycles. The van der Waals surface area contributed by atoms with Crippen LogP contribution in [0.15, 0.2) is 18.2 Å². The molecule has 2 amide bonds. The Labute approximate surface area is 191 Å². The summed E-state index contributed by atoms with van der Waals surface area (Å²) >= 11 is 0. The summed E-state index contributed by atoms with van der Waals surface area (Å²) in [4.78, 5) is 38.3. The molecule has 0 unspecified atom stereocenters. The first-order chi connectivity index (χ1) is 15.7. The van der Waals surface area contributed by atoms with Crippen LogP contribution in [0.1, 0.15) is 63.5 Å². The van der Waals surface area contributed by atoms with Gasteiger partial charge in [0.1, 0.15) is 0 Å². The molecule has 1 aromatic carbocycles. The fourth-order valence-corrected chi connectivity index (χ4v) is 5.89. The van der Waals surface area contributed by atoms with Gasteiger partial charge in [0.15, 0.2) is 17.4 Å². The molecule has 1 saturated carbocycles. The lowest BCUT2D eigenvalue weighted by Gasteiger charge is -2.44. The van der Waals surface area contributed by atoms with Gasteiger partial charge >= 0.3 is 5.97 Å². The Morgan fingerprint density at radius 2 is 1.97 bits per heavy atom. The lowest BCUT2D eigenvalue weighted by atomic mass is 9.64. The molecule has 33 heavy (non-hydrogen) atoms. The van der Waals surface area contributed by atoms with Gasteiger partial charge in [0.25, 0.3) is 0 Å². The fourth-order valence-electron chi connectivity index (χ4n) is 5.89. The topological polar surface area (TPSA) is 124 Å². The summed E-state index contributed by atoms with van der Waals surface area (Å²) in [5, 5.41) is 29.8. The molecule has 0 radical (unpaired) electrons. The van der Waals surface area contributed by atoms with Crippen LogP contribution in [0.3, 0.4) is 0 Å². The number of amides is 2. The normalized spacial score (nSPS) is 33.3. The molecule has 2 aliphatic heterocycles. The molecule has 180 valence electrons. The van der Waals surface area contributed by atoms with E-state index in [0.717, 1.165) is 0 Å². The number of aliphatic hydroxyl groups is 1. The summed E-state index contributed by atoms with van der Waals surface area (Å²) in [7, 11) is 0. The zero-order valence-corrected chi connectivity index (χ0v) is 18.6. The molecule has 1 aliphatic carbocycles. The van der Waals surface area contributed by atoms with Crippen LogP contribution in [0.25, 0.3) is 0 Å². The number of unbranched alkanes of at least 4 members (excludes halogenated alkanes) is 2. The molecule has 3 N–H and O–H groups in total. The Morgan fingerprint density at radius 1 is 1.21 bits per heavy atom. The average Bonchev–Trinajstić information content (AvgIpc) is 3.24. The van der Waals surface area contributed by atoms with Gasteiger partial charge in [0, 0.05) is 24.8 Å². The van der Waals surface area contributed by atoms with Crippen LogP contribution < -0.4 is 0 Å². The van der Waals surface area contributed by atoms with Gasteiger partial charge in [-0.05, 0) is 49.8 Å². The number of imide groups is 1. The van der Waals surface area contributed by atoms with Crippen LogP contribution >= 0.6 is 0 Å². The van der Waals surface area contributed by atoms with E-state index in [2.05, 4.69) is 0 Å². The predicted molar refractivity (Wildman–Crippen MR) is 113 cm³/mol. The third-order valence-corrected chi connectivity index (χ3v) is 7.56. The van der Waals surface area contributed by atoms with E-state index >= 15 is 0 Å². The highest BCUT2D eigenvalue weighted by molar-refractivity contribution is 6.05. The van der Waals surface area contributed by atoms with Crippen molar-refractivity contribution in [3.63, 3.8) is 0 Å². The first-order valence-corrected chi connectivity index (χ1v) is 11.6. The minimum Gasteiger partial charge on any atom is -0.505 e. The van der Waals surface area contributed by atoms with Gasteiger partial charge in [-0.2, -0.15) is 0 Å². The molecular formula is C24H30FNO7. The van der Waals surface area contributed by atoms with Crippen molar-refractivity contribution in [1.29, 1.82) is 0 Å². The maximum atomic E-state index is 13.9. The van der Waals surface area contributed by atoms with Crippen LogP contribution in [0, 0.1) is 29.5 Å². The number of carboxylic acid groups (broad SMARTS) is 1. The molecule has 8 nitrogen and oxygen atoms in total. The van der Waals surface area contributed by atoms with Crippen molar-refractivity contribution < 1.29 is 38.8 Å². The number of hydrogen-bond acceptors (Lipinski definition) is 6. The van der Waals surface area contributed by atoms with Crippen molar-refractivity contribution in [1.82, 2.24) is 4.90 Å². The molecule has 9 heteroatoms. The van der Waals surface area contributed by atoms with E-state index in [-0.39, 0.29) is 37.1 Å². The maximum absolute atomic E-state index is 13.9. The second-order valence-electron chi connectivity index (χ2n) is 9.42. The largest absolute Gasteiger partial charge is 0.505 e. The van der Waals surface area contributed by atoms with Crippen molar-refractivity contribution in [3.8, 4) is 5.75 Å². The minimum atomic E-state index is -1.59. The lowest BCUT2D eigenvalue weighted by molar-refractivity contribution is -0.269. The molecule has 2 heterocycles. The third-order valence-electron chi connectivity index (χ3n) is 7.56. The number of fused-ring (bicyclic) bond motifs is 3. The van der Waals surface area contributed by atoms with Gasteiger partial charge in [-0.3, -0.25) is 19.3 Å². The van der Waals surface area contributed by atoms with Gasteiger partial charge < -0.3 is 20.1 Å². The van der Waals surface area contributed by atoms with Crippen LogP contribution in [-0.4, -0.2) is 50.3 Å². The number of carbonyl (C=O) groups is 3. The smallest absolute Gasteiger partial charge is 0.303 e. The number of carbonyl (C=O) groups excluding carboxylic acids is 2. The lowest BCUT2D eigenvalue weighted by Crippen LogP contribution is -2.53. The summed E-state index contributed by atoms with van der Waals surface area (Å²) in [5.74, 6) is -6.45. The first kappa shape index (κ1) is 23.6. The Hall–Kier alpha value is -2.52. The molecule has 0 spiro atoms. The van der Waals surface area contributed by atoms with E-state index in [0.29, 0.717) is 37.7 Å². The number of rotatable bonds is 8. The maximum Gasteiger partial charge on any atom is 0.303 e. The second kappa shape index (κ2) is 9.02. The molecular weight excluding hydrogens is 433 g/mol. The number of hydrogen-bond donors (Lipinski definition) is 3. The van der Waals surface area contributed by atoms with Crippen molar-refractivity contribution in [3.05, 3.63) is 29.6 Å². The van der Waals surface area contributed by atoms with E-state index < -0.39 is 47.2 Å². The number of benzene rings is 1. The number of phenolic OH excluding ortho intramolecular Hbond substituents is 1. The van der Waals surface area contributed by atoms with Crippen molar-refractivity contribution in [2.45, 2.75) is 63.8 Å². The van der Waals surface area contributed by atoms with Gasteiger partial charge in [-0.1, -0.05) is 19.4 Å². The van der Waals surface area contributed by atoms with Crippen LogP contribution in [0.4, 0.5) is 4.39 Å². The zero-order valence-electron chi connectivity index (χ0n) is 18.6. The highest BCUT2D eigenvalue weighted by Crippen LogP contribution is 2.58. The first-order valence-electron chi connectivity index (χ1n) is 11.6. The van der Waals surface area contributed by atoms with Crippen molar-refractivity contribution in [2.24, 2.45) is 23.7 Å². The number of halogens is 1. The highest BCUT2D eigenvalue weighted by Gasteiger charge is 2.66. The zero-order chi connectivity index (χ0) is 23.9. The SMILES string of the molecule is CC[C@H]1C[C@@H]2C(=O)N(CCCCCC(=O)O)C(=O)[C@@H]2[C@@H]2C[C@@H](c3ccc(O)c(F)c3)O[C@]12O. The predicted octanol–water partition coefficient (Wildman–Crippen LogP) is 2.97. The van der Waals surface area contributed by atoms with Gasteiger partial charge in [0.05, 0.1) is 17.9 Å². The van der Waals surface area contributed by atoms with E-state index in [4.69, 9.17) is 9.84 Å². The van der Waals surface area contributed by atoms with Crippen LogP contribution in [0.2, 0.25) is 0 Å². The Bertz CT molecular complexity index is 953. The fraction of sp³-hybridized carbons (Fsp3) is 0.625. The van der Waals surface area contributed by atoms with Crippen LogP contribution in [0.5, 0.6) is 5.75 Å². The number of ether oxygens (including phenoxy) is 1. The molecule has 0 aromatic heterocycles. The summed E-state index contributed by atoms with van der Waals surface area (Å²) in [6.07, 6.45) is 2.17. The average molecular weight is 464 g/mol. The Kier molecular flexibility index (Phi) is 6.46. The molecule has 3 fully saturated rings. The number of phenols is 1. The van der Waals surface area contributed by atoms with Crippen molar-refractivity contribution in [2.75, 3.05) is 6.54 Å². The molecule has 4 rings (SSSR count). The molecule has 6 atom stereocenters. The van der Waals surface area contributed by atoms with Crippen molar-refractivity contribution >= 4 is 17.8 Å². The summed E-state index contributed by atoms with van der Waals surface area (Å²) in [6.45, 7) is 2.14. The molecule has 3 aliphatic rings. The van der Waals surface area contributed by atoms with Gasteiger partial charge in [0.2, 0.25) is 11.8 Å². The number of nitrogens with zero attached hydrogens (tertiary/aromatic N) is 1. The number of aromatic hydroxyl groups is 1. The van der Waals surface area contributed by atoms with Crippen LogP contribution in [-0.2, 0) is 19.1 Å². The Balaban J connectivity index is 1.53. The quantitative estimate of drug-likeness (QED) is 0.400. The standard InChI is InChI=1S/C24H30FNO7/c1-2-14-11-15-21(23(31)26(22(15)30)9-5-3-4-6-20(28)29)16-12-19(33-24(14,16)32)13-7-8-18(27)17(25)10-13/h7-8,10,14-16,19,21,27,32H,2-6,9,11-12H2,1H3,(H,28,29)/t14-,15-,16-,19-,21-,24+/m0/s1. The Morgan fingerprint density at radius 3 is 2.64 bits per heavy atom. The highest BCUT2D eigenvalue weighted by atomic mass is 19.1. The molecule has 0 bridgehead atoms. The van der Waals surface area contributed by atoms with Gasteiger partial charge in [-0.25, -0.2) is 4.39 Å². The summed E-state index contributed by atoms with van der Waals surface area (Å²) in [5.41, 5.74) is 0.464. The third kappa shape index (κ3) is 4.12. The summed E-state index contributed by atoms with van der Waals surface area (Å²) < 4.78 is 20.0. The van der Waals surface area contributed by atoms with E-state index in [1.807, 2.05) is 6.92 Å². The summed E-state index contributed by atoms with van der Waals surface area (Å²) in [6, 6.07) is 3.94. The van der Waals surface area contributed by atoms with E-state index in [1.165, 1.54) is 23.1 Å². The second-order valence-corrected chi connectivity index (χ2v) is 9.42. The van der Waals surface area contributed by atoms with E-state index in [1.54, 1.807) is 0 Å².